The molecule has 1 aliphatic carbocycles. The SMILES string of the molecule is Nc1nnc(NCCC2CCC2)o1. The van der Waals surface area contributed by atoms with Crippen molar-refractivity contribution in [3.63, 3.8) is 0 Å². The summed E-state index contributed by atoms with van der Waals surface area (Å²) in [7, 11) is 0. The van der Waals surface area contributed by atoms with Gasteiger partial charge in [-0.15, -0.1) is 0 Å². The van der Waals surface area contributed by atoms with Crippen LogP contribution in [0.1, 0.15) is 25.7 Å². The van der Waals surface area contributed by atoms with Crippen molar-refractivity contribution in [2.75, 3.05) is 17.6 Å². The Morgan fingerprint density at radius 1 is 1.46 bits per heavy atom. The highest BCUT2D eigenvalue weighted by Crippen LogP contribution is 2.29. The minimum absolute atomic E-state index is 0.117. The molecule has 0 unspecified atom stereocenters. The normalized spacial score (nSPS) is 16.9. The van der Waals surface area contributed by atoms with E-state index in [1.54, 1.807) is 0 Å². The zero-order valence-electron chi connectivity index (χ0n) is 7.49. The maximum absolute atomic E-state index is 5.27. The summed E-state index contributed by atoms with van der Waals surface area (Å²) < 4.78 is 4.96. The summed E-state index contributed by atoms with van der Waals surface area (Å²) in [6.07, 6.45) is 5.31. The standard InChI is InChI=1S/C8H14N4O/c9-7-11-12-8(13-7)10-5-4-6-2-1-3-6/h6H,1-5H2,(H2,9,11)(H,10,12). The minimum atomic E-state index is 0.117. The minimum Gasteiger partial charge on any atom is -0.390 e. The Bertz CT molecular complexity index is 269. The summed E-state index contributed by atoms with van der Waals surface area (Å²) >= 11 is 0. The summed E-state index contributed by atoms with van der Waals surface area (Å²) in [6.45, 7) is 0.895. The molecule has 3 N–H and O–H groups in total. The van der Waals surface area contributed by atoms with E-state index in [0.29, 0.717) is 6.01 Å². The van der Waals surface area contributed by atoms with Crippen LogP contribution in [-0.2, 0) is 0 Å². The first kappa shape index (κ1) is 8.34. The van der Waals surface area contributed by atoms with Crippen LogP contribution in [0.3, 0.4) is 0 Å². The highest BCUT2D eigenvalue weighted by molar-refractivity contribution is 5.22. The molecule has 1 heterocycles. The number of rotatable bonds is 4. The van der Waals surface area contributed by atoms with Gasteiger partial charge in [0.05, 0.1) is 0 Å². The van der Waals surface area contributed by atoms with Gasteiger partial charge in [0, 0.05) is 6.54 Å². The van der Waals surface area contributed by atoms with Crippen LogP contribution in [0.4, 0.5) is 12.0 Å². The van der Waals surface area contributed by atoms with E-state index in [9.17, 15) is 0 Å². The van der Waals surface area contributed by atoms with Gasteiger partial charge >= 0.3 is 12.0 Å². The van der Waals surface area contributed by atoms with Gasteiger partial charge in [-0.3, -0.25) is 0 Å². The number of hydrogen-bond acceptors (Lipinski definition) is 5. The zero-order chi connectivity index (χ0) is 9.10. The van der Waals surface area contributed by atoms with Crippen LogP contribution in [-0.4, -0.2) is 16.7 Å². The third-order valence-electron chi connectivity index (χ3n) is 2.49. The first-order valence-electron chi connectivity index (χ1n) is 4.67. The highest BCUT2D eigenvalue weighted by atomic mass is 16.4. The molecule has 0 amide bonds. The fraction of sp³-hybridized carbons (Fsp3) is 0.750. The van der Waals surface area contributed by atoms with Crippen molar-refractivity contribution in [1.82, 2.24) is 10.2 Å². The van der Waals surface area contributed by atoms with Crippen molar-refractivity contribution in [2.45, 2.75) is 25.7 Å². The molecule has 1 aliphatic rings. The van der Waals surface area contributed by atoms with E-state index >= 15 is 0 Å². The molecule has 1 fully saturated rings. The molecule has 13 heavy (non-hydrogen) atoms. The molecule has 5 nitrogen and oxygen atoms in total. The second-order valence-electron chi connectivity index (χ2n) is 3.46. The first-order chi connectivity index (χ1) is 6.34. The van der Waals surface area contributed by atoms with E-state index in [1.165, 1.54) is 25.7 Å². The summed E-state index contributed by atoms with van der Waals surface area (Å²) in [5.41, 5.74) is 5.27. The van der Waals surface area contributed by atoms with Crippen molar-refractivity contribution in [3.05, 3.63) is 0 Å². The summed E-state index contributed by atoms with van der Waals surface area (Å²) in [5, 5.41) is 10.3. The quantitative estimate of drug-likeness (QED) is 0.732. The van der Waals surface area contributed by atoms with Crippen LogP contribution >= 0.6 is 0 Å². The van der Waals surface area contributed by atoms with E-state index < -0.39 is 0 Å². The summed E-state index contributed by atoms with van der Waals surface area (Å²) in [5.74, 6) is 0.896. The average Bonchev–Trinajstić information content (AvgIpc) is 2.42. The van der Waals surface area contributed by atoms with Gasteiger partial charge < -0.3 is 15.5 Å². The Hall–Kier alpha value is -1.26. The van der Waals surface area contributed by atoms with Gasteiger partial charge in [0.15, 0.2) is 0 Å². The Morgan fingerprint density at radius 3 is 2.85 bits per heavy atom. The molecule has 0 spiro atoms. The molecular weight excluding hydrogens is 168 g/mol. The lowest BCUT2D eigenvalue weighted by Crippen LogP contribution is -2.15. The lowest BCUT2D eigenvalue weighted by molar-refractivity contribution is 0.302. The number of anilines is 2. The average molecular weight is 182 g/mol. The van der Waals surface area contributed by atoms with Gasteiger partial charge in [0.2, 0.25) is 0 Å². The number of nitrogen functional groups attached to an aromatic ring is 1. The second kappa shape index (κ2) is 3.64. The highest BCUT2D eigenvalue weighted by Gasteiger charge is 2.16. The second-order valence-corrected chi connectivity index (χ2v) is 3.46. The van der Waals surface area contributed by atoms with Gasteiger partial charge in [-0.05, 0) is 12.3 Å². The maximum atomic E-state index is 5.27. The Morgan fingerprint density at radius 2 is 2.31 bits per heavy atom. The number of hydrogen-bond donors (Lipinski definition) is 2. The molecule has 0 saturated heterocycles. The monoisotopic (exact) mass is 182 g/mol. The van der Waals surface area contributed by atoms with Crippen molar-refractivity contribution >= 4 is 12.0 Å². The Balaban J connectivity index is 1.67. The molecule has 1 aromatic rings. The third-order valence-corrected chi connectivity index (χ3v) is 2.49. The fourth-order valence-electron chi connectivity index (χ4n) is 1.47. The number of nitrogens with two attached hydrogens (primary N) is 1. The lowest BCUT2D eigenvalue weighted by atomic mass is 9.83. The summed E-state index contributed by atoms with van der Waals surface area (Å²) in [6, 6.07) is 0.544. The molecule has 0 aliphatic heterocycles. The first-order valence-corrected chi connectivity index (χ1v) is 4.67. The van der Waals surface area contributed by atoms with Crippen LogP contribution in [0.25, 0.3) is 0 Å². The van der Waals surface area contributed by atoms with Crippen LogP contribution in [0.15, 0.2) is 4.42 Å². The summed E-state index contributed by atoms with van der Waals surface area (Å²) in [4.78, 5) is 0. The molecule has 5 heteroatoms. The predicted molar refractivity (Wildman–Crippen MR) is 49.2 cm³/mol. The van der Waals surface area contributed by atoms with Crippen LogP contribution in [0.5, 0.6) is 0 Å². The largest absolute Gasteiger partial charge is 0.390 e. The van der Waals surface area contributed by atoms with Crippen molar-refractivity contribution in [1.29, 1.82) is 0 Å². The fourth-order valence-corrected chi connectivity index (χ4v) is 1.47. The zero-order valence-corrected chi connectivity index (χ0v) is 7.49. The number of nitrogens with zero attached hydrogens (tertiary/aromatic N) is 2. The van der Waals surface area contributed by atoms with Gasteiger partial charge in [0.1, 0.15) is 0 Å². The lowest BCUT2D eigenvalue weighted by Gasteiger charge is -2.24. The van der Waals surface area contributed by atoms with Crippen molar-refractivity contribution < 1.29 is 4.42 Å². The molecule has 1 saturated carbocycles. The molecule has 72 valence electrons. The maximum Gasteiger partial charge on any atom is 0.316 e. The molecule has 0 radical (unpaired) electrons. The topological polar surface area (TPSA) is 77.0 Å². The third kappa shape index (κ3) is 2.11. The van der Waals surface area contributed by atoms with E-state index in [-0.39, 0.29) is 6.01 Å². The van der Waals surface area contributed by atoms with Crippen molar-refractivity contribution in [3.8, 4) is 0 Å². The van der Waals surface area contributed by atoms with E-state index in [4.69, 9.17) is 10.2 Å². The van der Waals surface area contributed by atoms with Crippen molar-refractivity contribution in [2.24, 2.45) is 5.92 Å². The Kier molecular flexibility index (Phi) is 2.33. The molecule has 1 aromatic heterocycles. The molecule has 0 bridgehead atoms. The van der Waals surface area contributed by atoms with Crippen LogP contribution in [0.2, 0.25) is 0 Å². The van der Waals surface area contributed by atoms with E-state index in [2.05, 4.69) is 15.5 Å². The Labute approximate surface area is 76.7 Å². The number of nitrogens with one attached hydrogen (secondary N) is 1. The number of aromatic nitrogens is 2. The van der Waals surface area contributed by atoms with Crippen LogP contribution in [0, 0.1) is 5.92 Å². The van der Waals surface area contributed by atoms with Gasteiger partial charge in [-0.2, -0.15) is 0 Å². The molecule has 0 aromatic carbocycles. The molecule has 2 rings (SSSR count). The van der Waals surface area contributed by atoms with Gasteiger partial charge in [-0.25, -0.2) is 0 Å². The smallest absolute Gasteiger partial charge is 0.316 e. The molecule has 0 atom stereocenters. The van der Waals surface area contributed by atoms with Gasteiger partial charge in [0.25, 0.3) is 0 Å². The van der Waals surface area contributed by atoms with E-state index in [1.807, 2.05) is 0 Å². The molecular formula is C8H14N4O. The van der Waals surface area contributed by atoms with Gasteiger partial charge in [-0.1, -0.05) is 29.5 Å². The van der Waals surface area contributed by atoms with Crippen LogP contribution < -0.4 is 11.1 Å². The predicted octanol–water partition coefficient (Wildman–Crippen LogP) is 1.25. The van der Waals surface area contributed by atoms with E-state index in [0.717, 1.165) is 12.5 Å².